The number of amides is 2. The predicted octanol–water partition coefficient (Wildman–Crippen LogP) is 4.12. The second-order valence-electron chi connectivity index (χ2n) is 9.75. The number of nitrogens with zero attached hydrogens (tertiary/aromatic N) is 1. The second-order valence-corrected chi connectivity index (χ2v) is 9.75. The molecule has 1 saturated heterocycles. The Hall–Kier alpha value is -3.35. The van der Waals surface area contributed by atoms with Crippen LogP contribution in [0.3, 0.4) is 0 Å². The van der Waals surface area contributed by atoms with Crippen molar-refractivity contribution in [2.24, 2.45) is 17.8 Å². The van der Waals surface area contributed by atoms with E-state index in [1.807, 2.05) is 45.0 Å². The number of benzene rings is 2. The fourth-order valence-electron chi connectivity index (χ4n) is 5.05. The van der Waals surface area contributed by atoms with Gasteiger partial charge in [-0.25, -0.2) is 4.79 Å². The number of rotatable bonds is 7. The molecule has 0 saturated carbocycles. The maximum atomic E-state index is 12.8. The highest BCUT2D eigenvalue weighted by Crippen LogP contribution is 2.44. The summed E-state index contributed by atoms with van der Waals surface area (Å²) in [5.74, 6) is -1.67. The van der Waals surface area contributed by atoms with Crippen molar-refractivity contribution in [3.63, 3.8) is 0 Å². The molecule has 2 N–H and O–H groups in total. The molecule has 0 radical (unpaired) electrons. The van der Waals surface area contributed by atoms with Gasteiger partial charge in [0.05, 0.1) is 5.92 Å². The third-order valence-corrected chi connectivity index (χ3v) is 7.13. The summed E-state index contributed by atoms with van der Waals surface area (Å²) in [5.41, 5.74) is 4.61. The number of alkyl carbamates (subject to hydrolysis) is 1. The molecular weight excluding hydrogens is 432 g/mol. The summed E-state index contributed by atoms with van der Waals surface area (Å²) in [6.45, 7) is 6.57. The Labute approximate surface area is 200 Å². The first-order chi connectivity index (χ1) is 16.3. The standard InChI is InChI=1S/C27H32N2O5/c1-16(2)24(12-25(30)29-13-17(3)22(14-29)26(31)32)28-27(33)34-15-23-20-10-6-4-8-18(20)19-9-5-7-11-21(19)23/h4-11,16-17,22-24H,12-15H2,1-3H3,(H,28,33)(H,31,32)/t17-,22-,24?/m1/s1. The Kier molecular flexibility index (Phi) is 6.91. The molecule has 1 aliphatic heterocycles. The van der Waals surface area contributed by atoms with Gasteiger partial charge < -0.3 is 20.1 Å². The van der Waals surface area contributed by atoms with Gasteiger partial charge in [-0.2, -0.15) is 0 Å². The molecule has 180 valence electrons. The highest BCUT2D eigenvalue weighted by Gasteiger charge is 2.38. The lowest BCUT2D eigenvalue weighted by molar-refractivity contribution is -0.142. The monoisotopic (exact) mass is 464 g/mol. The van der Waals surface area contributed by atoms with Gasteiger partial charge in [-0.05, 0) is 34.1 Å². The zero-order chi connectivity index (χ0) is 24.4. The summed E-state index contributed by atoms with van der Waals surface area (Å²) < 4.78 is 5.64. The van der Waals surface area contributed by atoms with Crippen molar-refractivity contribution in [3.8, 4) is 11.1 Å². The number of ether oxygens (including phenoxy) is 1. The number of aliphatic carboxylic acids is 1. The number of nitrogens with one attached hydrogen (secondary N) is 1. The van der Waals surface area contributed by atoms with Gasteiger partial charge in [0.2, 0.25) is 5.91 Å². The van der Waals surface area contributed by atoms with Crippen molar-refractivity contribution in [3.05, 3.63) is 59.7 Å². The molecule has 0 spiro atoms. The van der Waals surface area contributed by atoms with Crippen molar-refractivity contribution < 1.29 is 24.2 Å². The maximum Gasteiger partial charge on any atom is 0.407 e. The van der Waals surface area contributed by atoms with E-state index in [9.17, 15) is 19.5 Å². The molecule has 2 amide bonds. The number of carbonyl (C=O) groups is 3. The minimum atomic E-state index is -0.875. The quantitative estimate of drug-likeness (QED) is 0.643. The van der Waals surface area contributed by atoms with E-state index in [0.29, 0.717) is 6.54 Å². The van der Waals surface area contributed by atoms with E-state index >= 15 is 0 Å². The summed E-state index contributed by atoms with van der Waals surface area (Å²) in [7, 11) is 0. The molecule has 34 heavy (non-hydrogen) atoms. The van der Waals surface area contributed by atoms with E-state index in [1.165, 1.54) is 0 Å². The Morgan fingerprint density at radius 2 is 1.62 bits per heavy atom. The van der Waals surface area contributed by atoms with Gasteiger partial charge in [0, 0.05) is 31.5 Å². The molecule has 4 rings (SSSR count). The molecule has 0 bridgehead atoms. The maximum absolute atomic E-state index is 12.8. The lowest BCUT2D eigenvalue weighted by Gasteiger charge is -2.25. The highest BCUT2D eigenvalue weighted by molar-refractivity contribution is 5.81. The van der Waals surface area contributed by atoms with Gasteiger partial charge in [-0.3, -0.25) is 9.59 Å². The number of hydrogen-bond donors (Lipinski definition) is 2. The summed E-state index contributed by atoms with van der Waals surface area (Å²) in [6, 6.07) is 15.9. The Morgan fingerprint density at radius 1 is 1.03 bits per heavy atom. The van der Waals surface area contributed by atoms with Crippen LogP contribution in [0.15, 0.2) is 48.5 Å². The minimum absolute atomic E-state index is 0.0136. The number of carbonyl (C=O) groups excluding carboxylic acids is 2. The van der Waals surface area contributed by atoms with Gasteiger partial charge >= 0.3 is 12.1 Å². The number of likely N-dealkylation sites (tertiary alicyclic amines) is 1. The first kappa shape index (κ1) is 23.8. The van der Waals surface area contributed by atoms with Gasteiger partial charge in [-0.1, -0.05) is 69.3 Å². The summed E-state index contributed by atoms with van der Waals surface area (Å²) in [6.07, 6.45) is -0.437. The van der Waals surface area contributed by atoms with Gasteiger partial charge in [-0.15, -0.1) is 0 Å². The van der Waals surface area contributed by atoms with Crippen molar-refractivity contribution in [2.75, 3.05) is 19.7 Å². The van der Waals surface area contributed by atoms with Crippen LogP contribution < -0.4 is 5.32 Å². The molecule has 1 fully saturated rings. The van der Waals surface area contributed by atoms with Gasteiger partial charge in [0.1, 0.15) is 6.61 Å². The van der Waals surface area contributed by atoms with E-state index in [-0.39, 0.29) is 43.2 Å². The minimum Gasteiger partial charge on any atom is -0.481 e. The van der Waals surface area contributed by atoms with Gasteiger partial charge in [0.25, 0.3) is 0 Å². The predicted molar refractivity (Wildman–Crippen MR) is 128 cm³/mol. The molecule has 7 heteroatoms. The first-order valence-corrected chi connectivity index (χ1v) is 11.9. The van der Waals surface area contributed by atoms with E-state index in [4.69, 9.17) is 4.74 Å². The molecule has 7 nitrogen and oxygen atoms in total. The third-order valence-electron chi connectivity index (χ3n) is 7.13. The molecule has 1 aliphatic carbocycles. The largest absolute Gasteiger partial charge is 0.481 e. The zero-order valence-electron chi connectivity index (χ0n) is 19.9. The molecule has 2 aromatic rings. The average molecular weight is 465 g/mol. The molecule has 2 aromatic carbocycles. The number of carboxylic acid groups (broad SMARTS) is 1. The first-order valence-electron chi connectivity index (χ1n) is 11.9. The normalized spacial score (nSPS) is 20.1. The summed E-state index contributed by atoms with van der Waals surface area (Å²) >= 11 is 0. The molecule has 1 unspecified atom stereocenters. The topological polar surface area (TPSA) is 95.9 Å². The van der Waals surface area contributed by atoms with Crippen LogP contribution >= 0.6 is 0 Å². The fraction of sp³-hybridized carbons (Fsp3) is 0.444. The van der Waals surface area contributed by atoms with E-state index < -0.39 is 24.0 Å². The van der Waals surface area contributed by atoms with Crippen molar-refractivity contribution in [2.45, 2.75) is 39.2 Å². The van der Waals surface area contributed by atoms with Crippen molar-refractivity contribution >= 4 is 18.0 Å². The number of hydrogen-bond acceptors (Lipinski definition) is 4. The van der Waals surface area contributed by atoms with E-state index in [2.05, 4.69) is 29.6 Å². The van der Waals surface area contributed by atoms with Crippen LogP contribution in [0.25, 0.3) is 11.1 Å². The van der Waals surface area contributed by atoms with Crippen molar-refractivity contribution in [1.82, 2.24) is 10.2 Å². The Bertz CT molecular complexity index is 1040. The smallest absolute Gasteiger partial charge is 0.407 e. The van der Waals surface area contributed by atoms with E-state index in [1.54, 1.807) is 4.90 Å². The second kappa shape index (κ2) is 9.87. The SMILES string of the molecule is CC(C)C(CC(=O)N1C[C@@H](C)[C@H](C(=O)O)C1)NC(=O)OCC1c2ccccc2-c2ccccc21. The molecule has 3 atom stereocenters. The average Bonchev–Trinajstić information content (AvgIpc) is 3.35. The van der Waals surface area contributed by atoms with Crippen LogP contribution in [0, 0.1) is 17.8 Å². The highest BCUT2D eigenvalue weighted by atomic mass is 16.5. The lowest BCUT2D eigenvalue weighted by Crippen LogP contribution is -2.43. The van der Waals surface area contributed by atoms with Crippen molar-refractivity contribution in [1.29, 1.82) is 0 Å². The van der Waals surface area contributed by atoms with Crippen LogP contribution in [0.4, 0.5) is 4.79 Å². The Morgan fingerprint density at radius 3 is 2.15 bits per heavy atom. The molecular formula is C27H32N2O5. The molecule has 2 aliphatic rings. The van der Waals surface area contributed by atoms with Crippen LogP contribution in [0.5, 0.6) is 0 Å². The van der Waals surface area contributed by atoms with Crippen LogP contribution in [0.2, 0.25) is 0 Å². The lowest BCUT2D eigenvalue weighted by atomic mass is 9.98. The fourth-order valence-corrected chi connectivity index (χ4v) is 5.05. The summed E-state index contributed by atoms with van der Waals surface area (Å²) in [5, 5.41) is 12.2. The van der Waals surface area contributed by atoms with Crippen LogP contribution in [-0.2, 0) is 14.3 Å². The zero-order valence-corrected chi connectivity index (χ0v) is 19.9. The van der Waals surface area contributed by atoms with Crippen LogP contribution in [0.1, 0.15) is 44.2 Å². The summed E-state index contributed by atoms with van der Waals surface area (Å²) in [4.78, 5) is 38.5. The van der Waals surface area contributed by atoms with Crippen LogP contribution in [-0.4, -0.2) is 53.7 Å². The Balaban J connectivity index is 1.36. The third kappa shape index (κ3) is 4.79. The number of carboxylic acids is 1. The molecule has 1 heterocycles. The number of fused-ring (bicyclic) bond motifs is 3. The van der Waals surface area contributed by atoms with E-state index in [0.717, 1.165) is 22.3 Å². The van der Waals surface area contributed by atoms with Gasteiger partial charge in [0.15, 0.2) is 0 Å². The molecule has 0 aromatic heterocycles.